The average Bonchev–Trinajstić information content (AvgIpc) is 3.19. The number of carbonyl (C=O) groups excluding carboxylic acids is 1. The molecule has 1 fully saturated rings. The molecule has 1 heterocycles. The number of amides is 1. The van der Waals surface area contributed by atoms with Crippen LogP contribution < -0.4 is 10.6 Å². The molecular weight excluding hydrogens is 474 g/mol. The first kappa shape index (κ1) is 24.4. The number of halogens is 7. The van der Waals surface area contributed by atoms with E-state index < -0.39 is 53.8 Å². The zero-order valence-corrected chi connectivity index (χ0v) is 17.1. The van der Waals surface area contributed by atoms with E-state index in [9.17, 15) is 31.1 Å². The molecular formula is C21H13ClF6N4O. The number of hydrogen-bond donors (Lipinski definition) is 2. The molecule has 2 N–H and O–H groups in total. The SMILES string of the molecule is N#Cc1ccc(NC(=O)C2CC(c3ccc(C#N)c(C(F)(F)F)c3)C(C(F)(F)F)N2)cc1Cl. The van der Waals surface area contributed by atoms with Gasteiger partial charge in [0.05, 0.1) is 33.8 Å². The van der Waals surface area contributed by atoms with Gasteiger partial charge in [0.2, 0.25) is 5.91 Å². The first-order valence-corrected chi connectivity index (χ1v) is 9.67. The third kappa shape index (κ3) is 5.21. The second-order valence-corrected chi connectivity index (χ2v) is 7.70. The van der Waals surface area contributed by atoms with Crippen molar-refractivity contribution in [1.82, 2.24) is 5.32 Å². The molecule has 172 valence electrons. The average molecular weight is 487 g/mol. The van der Waals surface area contributed by atoms with E-state index >= 15 is 0 Å². The van der Waals surface area contributed by atoms with Gasteiger partial charge >= 0.3 is 12.4 Å². The van der Waals surface area contributed by atoms with E-state index in [0.717, 1.165) is 12.1 Å². The van der Waals surface area contributed by atoms with Gasteiger partial charge in [0.15, 0.2) is 0 Å². The van der Waals surface area contributed by atoms with E-state index in [1.807, 2.05) is 6.07 Å². The number of alkyl halides is 6. The summed E-state index contributed by atoms with van der Waals surface area (Å²) in [7, 11) is 0. The first-order chi connectivity index (χ1) is 15.3. The predicted octanol–water partition coefficient (Wildman–Crippen LogP) is 5.12. The second-order valence-electron chi connectivity index (χ2n) is 7.29. The highest BCUT2D eigenvalue weighted by Crippen LogP contribution is 2.42. The molecule has 3 atom stereocenters. The molecule has 3 rings (SSSR count). The summed E-state index contributed by atoms with van der Waals surface area (Å²) >= 11 is 5.88. The van der Waals surface area contributed by atoms with Crippen LogP contribution in [0.5, 0.6) is 0 Å². The number of rotatable bonds is 3. The van der Waals surface area contributed by atoms with Crippen LogP contribution in [0.4, 0.5) is 32.0 Å². The van der Waals surface area contributed by atoms with Crippen LogP contribution in [0, 0.1) is 22.7 Å². The van der Waals surface area contributed by atoms with Gasteiger partial charge in [-0.15, -0.1) is 0 Å². The Morgan fingerprint density at radius 3 is 2.21 bits per heavy atom. The third-order valence-corrected chi connectivity index (χ3v) is 5.51. The van der Waals surface area contributed by atoms with Crippen molar-refractivity contribution < 1.29 is 31.1 Å². The highest BCUT2D eigenvalue weighted by molar-refractivity contribution is 6.32. The minimum absolute atomic E-state index is 0.0259. The van der Waals surface area contributed by atoms with Gasteiger partial charge in [-0.25, -0.2) is 0 Å². The molecule has 0 spiro atoms. The van der Waals surface area contributed by atoms with Gasteiger partial charge in [0, 0.05) is 11.6 Å². The fraction of sp³-hybridized carbons (Fsp3) is 0.286. The van der Waals surface area contributed by atoms with E-state index in [1.165, 1.54) is 24.3 Å². The molecule has 0 saturated carbocycles. The summed E-state index contributed by atoms with van der Waals surface area (Å²) in [5, 5.41) is 22.4. The highest BCUT2D eigenvalue weighted by Gasteiger charge is 2.52. The largest absolute Gasteiger partial charge is 0.417 e. The van der Waals surface area contributed by atoms with Crippen molar-refractivity contribution in [2.75, 3.05) is 5.32 Å². The summed E-state index contributed by atoms with van der Waals surface area (Å²) in [6.07, 6.45) is -10.2. The summed E-state index contributed by atoms with van der Waals surface area (Å²) in [5.74, 6) is -2.35. The van der Waals surface area contributed by atoms with E-state index in [1.54, 1.807) is 0 Å². The zero-order valence-electron chi connectivity index (χ0n) is 16.4. The molecule has 1 amide bonds. The highest BCUT2D eigenvalue weighted by atomic mass is 35.5. The Morgan fingerprint density at radius 1 is 1.03 bits per heavy atom. The Hall–Kier alpha value is -3.28. The van der Waals surface area contributed by atoms with Gasteiger partial charge < -0.3 is 5.32 Å². The van der Waals surface area contributed by atoms with E-state index in [0.29, 0.717) is 6.07 Å². The smallest absolute Gasteiger partial charge is 0.325 e. The maximum Gasteiger partial charge on any atom is 0.417 e. The van der Waals surface area contributed by atoms with Crippen LogP contribution in [0.2, 0.25) is 5.02 Å². The van der Waals surface area contributed by atoms with Crippen molar-refractivity contribution >= 4 is 23.2 Å². The topological polar surface area (TPSA) is 88.7 Å². The Morgan fingerprint density at radius 2 is 1.67 bits per heavy atom. The summed E-state index contributed by atoms with van der Waals surface area (Å²) in [5.41, 5.74) is -2.09. The van der Waals surface area contributed by atoms with Crippen molar-refractivity contribution in [2.24, 2.45) is 0 Å². The van der Waals surface area contributed by atoms with Crippen LogP contribution in [0.1, 0.15) is 34.6 Å². The van der Waals surface area contributed by atoms with Crippen LogP contribution in [0.25, 0.3) is 0 Å². The Kier molecular flexibility index (Phi) is 6.59. The number of hydrogen-bond acceptors (Lipinski definition) is 4. The van der Waals surface area contributed by atoms with Crippen LogP contribution in [-0.2, 0) is 11.0 Å². The van der Waals surface area contributed by atoms with Crippen LogP contribution in [0.3, 0.4) is 0 Å². The van der Waals surface area contributed by atoms with Crippen LogP contribution in [0.15, 0.2) is 36.4 Å². The number of carbonyl (C=O) groups is 1. The summed E-state index contributed by atoms with van der Waals surface area (Å²) in [6, 6.07) is 5.80. The monoisotopic (exact) mass is 486 g/mol. The zero-order chi connectivity index (χ0) is 24.6. The van der Waals surface area contributed by atoms with Crippen LogP contribution >= 0.6 is 11.6 Å². The first-order valence-electron chi connectivity index (χ1n) is 9.29. The summed E-state index contributed by atoms with van der Waals surface area (Å²) in [4.78, 5) is 12.6. The minimum Gasteiger partial charge on any atom is -0.325 e. The van der Waals surface area contributed by atoms with Crippen molar-refractivity contribution in [3.8, 4) is 12.1 Å². The molecule has 2 aromatic rings. The van der Waals surface area contributed by atoms with Gasteiger partial charge in [0.25, 0.3) is 0 Å². The molecule has 33 heavy (non-hydrogen) atoms. The molecule has 2 aromatic carbocycles. The normalized spacial score (nSPS) is 20.7. The summed E-state index contributed by atoms with van der Waals surface area (Å²) < 4.78 is 80.8. The van der Waals surface area contributed by atoms with Crippen molar-refractivity contribution in [3.63, 3.8) is 0 Å². The van der Waals surface area contributed by atoms with Gasteiger partial charge in [-0.3, -0.25) is 10.1 Å². The Balaban J connectivity index is 1.90. The Labute approximate surface area is 188 Å². The second kappa shape index (κ2) is 8.93. The van der Waals surface area contributed by atoms with Gasteiger partial charge in [0.1, 0.15) is 12.1 Å². The number of nitriles is 2. The quantitative estimate of drug-likeness (QED) is 0.590. The van der Waals surface area contributed by atoms with Crippen molar-refractivity contribution in [3.05, 3.63) is 63.7 Å². The lowest BCUT2D eigenvalue weighted by molar-refractivity contribution is -0.156. The third-order valence-electron chi connectivity index (χ3n) is 5.20. The van der Waals surface area contributed by atoms with Crippen LogP contribution in [-0.4, -0.2) is 24.2 Å². The lowest BCUT2D eigenvalue weighted by atomic mass is 9.88. The fourth-order valence-corrected chi connectivity index (χ4v) is 3.89. The van der Waals surface area contributed by atoms with Gasteiger partial charge in [-0.05, 0) is 42.3 Å². The molecule has 0 aromatic heterocycles. The molecule has 0 radical (unpaired) electrons. The standard InChI is InChI=1S/C21H13ClF6N4O/c22-16-6-13(4-3-12(16)9-30)31-19(33)17-7-14(18(32-17)21(26,27)28)10-1-2-11(8-29)15(5-10)20(23,24)25/h1-6,14,17-18,32H,7H2,(H,31,33). The molecule has 1 aliphatic rings. The lowest BCUT2D eigenvalue weighted by Crippen LogP contribution is -2.46. The molecule has 0 bridgehead atoms. The predicted molar refractivity (Wildman–Crippen MR) is 105 cm³/mol. The number of nitrogens with one attached hydrogen (secondary N) is 2. The molecule has 12 heteroatoms. The molecule has 1 aliphatic heterocycles. The van der Waals surface area contributed by atoms with Gasteiger partial charge in [-0.2, -0.15) is 36.9 Å². The number of nitrogens with zero attached hydrogens (tertiary/aromatic N) is 2. The van der Waals surface area contributed by atoms with E-state index in [-0.39, 0.29) is 21.8 Å². The van der Waals surface area contributed by atoms with Crippen molar-refractivity contribution in [2.45, 2.75) is 36.8 Å². The van der Waals surface area contributed by atoms with E-state index in [2.05, 4.69) is 10.6 Å². The van der Waals surface area contributed by atoms with Gasteiger partial charge in [-0.1, -0.05) is 17.7 Å². The maximum atomic E-state index is 13.7. The molecule has 1 saturated heterocycles. The fourth-order valence-electron chi connectivity index (χ4n) is 3.66. The van der Waals surface area contributed by atoms with E-state index in [4.69, 9.17) is 22.1 Å². The minimum atomic E-state index is -4.94. The Bertz CT molecular complexity index is 1170. The number of anilines is 1. The maximum absolute atomic E-state index is 13.7. The summed E-state index contributed by atoms with van der Waals surface area (Å²) in [6.45, 7) is 0. The molecule has 0 aliphatic carbocycles. The lowest BCUT2D eigenvalue weighted by Gasteiger charge is -2.23. The molecule has 5 nitrogen and oxygen atoms in total. The molecule has 3 unspecified atom stereocenters. The number of benzene rings is 2. The van der Waals surface area contributed by atoms with Crippen molar-refractivity contribution in [1.29, 1.82) is 10.5 Å².